The Morgan fingerprint density at radius 2 is 1.55 bits per heavy atom. The molecule has 0 aliphatic heterocycles. The number of carbonyl (C=O) groups excluding carboxylic acids is 2. The average Bonchev–Trinajstić information content (AvgIpc) is 2.76. The topological polar surface area (TPSA) is 81.2 Å². The Labute approximate surface area is 182 Å². The summed E-state index contributed by atoms with van der Waals surface area (Å²) in [4.78, 5) is 33.1. The number of alkyl halides is 6. The number of nitrogens with one attached hydrogen (secondary N) is 1. The van der Waals surface area contributed by atoms with Gasteiger partial charge in [-0.15, -0.1) is 0 Å². The van der Waals surface area contributed by atoms with E-state index in [-0.39, 0.29) is 30.3 Å². The zero-order valence-corrected chi connectivity index (χ0v) is 16.8. The van der Waals surface area contributed by atoms with E-state index in [1.165, 1.54) is 6.20 Å². The summed E-state index contributed by atoms with van der Waals surface area (Å²) in [7, 11) is 1.01. The van der Waals surface area contributed by atoms with Crippen LogP contribution in [0.15, 0.2) is 48.7 Å². The molecule has 0 fully saturated rings. The summed E-state index contributed by atoms with van der Waals surface area (Å²) in [5.74, 6) is -2.29. The van der Waals surface area contributed by atoms with Gasteiger partial charge in [-0.1, -0.05) is 12.1 Å². The second-order valence-corrected chi connectivity index (χ2v) is 6.90. The smallest absolute Gasteiger partial charge is 0.416 e. The van der Waals surface area contributed by atoms with E-state index in [2.05, 4.69) is 20.0 Å². The van der Waals surface area contributed by atoms with Crippen LogP contribution in [0.4, 0.5) is 26.3 Å². The van der Waals surface area contributed by atoms with Crippen LogP contribution in [0.25, 0.3) is 11.0 Å². The van der Waals surface area contributed by atoms with Crippen molar-refractivity contribution >= 4 is 22.9 Å². The molecule has 0 saturated heterocycles. The second-order valence-electron chi connectivity index (χ2n) is 6.90. The number of rotatable bonds is 5. The van der Waals surface area contributed by atoms with Crippen molar-refractivity contribution < 1.29 is 40.7 Å². The first-order valence-corrected chi connectivity index (χ1v) is 9.27. The normalized spacial score (nSPS) is 12.9. The first-order chi connectivity index (χ1) is 15.4. The van der Waals surface area contributed by atoms with Crippen molar-refractivity contribution in [1.82, 2.24) is 15.3 Å². The van der Waals surface area contributed by atoms with E-state index in [9.17, 15) is 35.9 Å². The van der Waals surface area contributed by atoms with E-state index < -0.39 is 47.0 Å². The fourth-order valence-corrected chi connectivity index (χ4v) is 2.97. The molecule has 12 heteroatoms. The number of para-hydroxylation sites is 2. The molecule has 1 amide bonds. The predicted molar refractivity (Wildman–Crippen MR) is 103 cm³/mol. The van der Waals surface area contributed by atoms with Gasteiger partial charge in [0.25, 0.3) is 5.91 Å². The van der Waals surface area contributed by atoms with Crippen LogP contribution in [0.1, 0.15) is 27.2 Å². The maximum Gasteiger partial charge on any atom is 0.416 e. The van der Waals surface area contributed by atoms with Crippen molar-refractivity contribution in [3.63, 3.8) is 0 Å². The highest BCUT2D eigenvalue weighted by molar-refractivity contribution is 5.97. The van der Waals surface area contributed by atoms with Crippen LogP contribution in [-0.2, 0) is 28.3 Å². The minimum Gasteiger partial charge on any atom is -0.467 e. The predicted octanol–water partition coefficient (Wildman–Crippen LogP) is 4.18. The average molecular weight is 471 g/mol. The number of hydrogen-bond acceptors (Lipinski definition) is 5. The molecule has 2 aromatic carbocycles. The Balaban J connectivity index is 1.91. The maximum absolute atomic E-state index is 13.1. The van der Waals surface area contributed by atoms with Gasteiger partial charge in [-0.05, 0) is 30.3 Å². The van der Waals surface area contributed by atoms with Crippen LogP contribution in [0, 0.1) is 0 Å². The Morgan fingerprint density at radius 1 is 0.970 bits per heavy atom. The minimum atomic E-state index is -5.13. The van der Waals surface area contributed by atoms with Gasteiger partial charge in [-0.25, -0.2) is 9.78 Å². The molecule has 1 aromatic heterocycles. The number of carbonyl (C=O) groups is 2. The summed E-state index contributed by atoms with van der Waals surface area (Å²) >= 11 is 0. The van der Waals surface area contributed by atoms with E-state index in [0.29, 0.717) is 11.0 Å². The lowest BCUT2D eigenvalue weighted by atomic mass is 10.0. The molecule has 3 aromatic rings. The van der Waals surface area contributed by atoms with E-state index in [1.807, 2.05) is 0 Å². The SMILES string of the molecule is COC(=O)[C@@H](Cc1cnc2ccccc2n1)NC(=O)c1cc(C(F)(F)F)cc(C(F)(F)F)c1. The molecule has 1 N–H and O–H groups in total. The van der Waals surface area contributed by atoms with Crippen LogP contribution in [0.3, 0.4) is 0 Å². The van der Waals surface area contributed by atoms with E-state index >= 15 is 0 Å². The maximum atomic E-state index is 13.1. The number of methoxy groups -OCH3 is 1. The number of ether oxygens (including phenoxy) is 1. The molecule has 0 aliphatic carbocycles. The molecule has 0 unspecified atom stereocenters. The van der Waals surface area contributed by atoms with Crippen molar-refractivity contribution in [2.75, 3.05) is 7.11 Å². The van der Waals surface area contributed by atoms with Crippen LogP contribution < -0.4 is 5.32 Å². The number of hydrogen-bond donors (Lipinski definition) is 1. The first kappa shape index (κ1) is 24.0. The summed E-state index contributed by atoms with van der Waals surface area (Å²) in [6.07, 6.45) is -9.19. The number of esters is 1. The van der Waals surface area contributed by atoms with Crippen LogP contribution in [0.2, 0.25) is 0 Å². The largest absolute Gasteiger partial charge is 0.467 e. The fraction of sp³-hybridized carbons (Fsp3) is 0.238. The third-order valence-electron chi connectivity index (χ3n) is 4.55. The van der Waals surface area contributed by atoms with Gasteiger partial charge in [0.15, 0.2) is 0 Å². The molecule has 0 saturated carbocycles. The standard InChI is InChI=1S/C21H15F6N3O3/c1-33-19(32)17(9-14-10-28-15-4-2-3-5-16(15)29-14)30-18(31)11-6-12(20(22,23)24)8-13(7-11)21(25,26)27/h2-8,10,17H,9H2,1H3,(H,30,31)/t17-/m1/s1. The van der Waals surface area contributed by atoms with Crippen LogP contribution in [0.5, 0.6) is 0 Å². The van der Waals surface area contributed by atoms with Crippen molar-refractivity contribution in [2.45, 2.75) is 24.8 Å². The Bertz CT molecular complexity index is 1160. The Morgan fingerprint density at radius 3 is 2.09 bits per heavy atom. The number of nitrogens with zero attached hydrogens (tertiary/aromatic N) is 2. The summed E-state index contributed by atoms with van der Waals surface area (Å²) in [5, 5.41) is 2.12. The van der Waals surface area contributed by atoms with E-state index in [0.717, 1.165) is 7.11 Å². The molecule has 0 aliphatic rings. The minimum absolute atomic E-state index is 0.0980. The summed E-state index contributed by atoms with van der Waals surface area (Å²) in [5.41, 5.74) is -2.95. The summed E-state index contributed by atoms with van der Waals surface area (Å²) in [6.45, 7) is 0. The summed E-state index contributed by atoms with van der Waals surface area (Å²) in [6, 6.07) is 5.78. The van der Waals surface area contributed by atoms with Gasteiger partial charge in [0, 0.05) is 18.2 Å². The number of benzene rings is 2. The third kappa shape index (κ3) is 5.76. The number of halogens is 6. The van der Waals surface area contributed by atoms with Gasteiger partial charge >= 0.3 is 18.3 Å². The van der Waals surface area contributed by atoms with Crippen molar-refractivity contribution in [3.8, 4) is 0 Å². The molecule has 6 nitrogen and oxygen atoms in total. The zero-order valence-electron chi connectivity index (χ0n) is 16.8. The molecular weight excluding hydrogens is 456 g/mol. The number of aromatic nitrogens is 2. The number of amides is 1. The Hall–Kier alpha value is -3.70. The van der Waals surface area contributed by atoms with Gasteiger partial charge in [-0.3, -0.25) is 9.78 Å². The van der Waals surface area contributed by atoms with Crippen molar-refractivity contribution in [2.24, 2.45) is 0 Å². The zero-order chi connectivity index (χ0) is 24.4. The molecule has 3 rings (SSSR count). The van der Waals surface area contributed by atoms with Gasteiger partial charge in [-0.2, -0.15) is 26.3 Å². The molecule has 1 atom stereocenters. The molecule has 0 radical (unpaired) electrons. The highest BCUT2D eigenvalue weighted by Crippen LogP contribution is 2.36. The molecule has 174 valence electrons. The van der Waals surface area contributed by atoms with Crippen molar-refractivity contribution in [3.05, 3.63) is 71.0 Å². The molecule has 0 spiro atoms. The van der Waals surface area contributed by atoms with Crippen molar-refractivity contribution in [1.29, 1.82) is 0 Å². The lowest BCUT2D eigenvalue weighted by Gasteiger charge is -2.18. The van der Waals surface area contributed by atoms with Gasteiger partial charge in [0.1, 0.15) is 6.04 Å². The highest BCUT2D eigenvalue weighted by Gasteiger charge is 2.38. The van der Waals surface area contributed by atoms with E-state index in [1.54, 1.807) is 24.3 Å². The fourth-order valence-electron chi connectivity index (χ4n) is 2.97. The van der Waals surface area contributed by atoms with Crippen LogP contribution in [-0.4, -0.2) is 35.0 Å². The molecule has 0 bridgehead atoms. The Kier molecular flexibility index (Phi) is 6.56. The van der Waals surface area contributed by atoms with Gasteiger partial charge in [0.2, 0.25) is 0 Å². The van der Waals surface area contributed by atoms with Crippen LogP contribution >= 0.6 is 0 Å². The second kappa shape index (κ2) is 9.04. The molecule has 1 heterocycles. The quantitative estimate of drug-likeness (QED) is 0.446. The molecule has 33 heavy (non-hydrogen) atoms. The summed E-state index contributed by atoms with van der Waals surface area (Å²) < 4.78 is 83.0. The lowest BCUT2D eigenvalue weighted by Crippen LogP contribution is -2.43. The van der Waals surface area contributed by atoms with E-state index in [4.69, 9.17) is 0 Å². The third-order valence-corrected chi connectivity index (χ3v) is 4.55. The van der Waals surface area contributed by atoms with Gasteiger partial charge in [0.05, 0.1) is 35.0 Å². The number of fused-ring (bicyclic) bond motifs is 1. The first-order valence-electron chi connectivity index (χ1n) is 9.27. The lowest BCUT2D eigenvalue weighted by molar-refractivity contribution is -0.144. The monoisotopic (exact) mass is 471 g/mol. The van der Waals surface area contributed by atoms with Gasteiger partial charge < -0.3 is 10.1 Å². The molecular formula is C21H15F6N3O3. The highest BCUT2D eigenvalue weighted by atomic mass is 19.4.